The number of aryl methyl sites for hydroxylation is 2. The van der Waals surface area contributed by atoms with E-state index in [2.05, 4.69) is 24.4 Å². The number of fused-ring (bicyclic) bond motifs is 1. The molecule has 0 aliphatic carbocycles. The average molecular weight is 489 g/mol. The SMILES string of the molecule is CCCCc1ccc(NC(=O)CSc2nc3c(-c4ccccc4)cn(C)c3c(=O)n2CCC)cc1. The summed E-state index contributed by atoms with van der Waals surface area (Å²) in [4.78, 5) is 31.0. The number of anilines is 1. The van der Waals surface area contributed by atoms with Crippen LogP contribution in [0.2, 0.25) is 0 Å². The first kappa shape index (κ1) is 24.8. The summed E-state index contributed by atoms with van der Waals surface area (Å²) in [6, 6.07) is 18.0. The van der Waals surface area contributed by atoms with Crippen LogP contribution in [0.4, 0.5) is 5.69 Å². The normalized spacial score (nSPS) is 11.2. The Balaban J connectivity index is 1.57. The third kappa shape index (κ3) is 5.68. The molecule has 0 bridgehead atoms. The van der Waals surface area contributed by atoms with Crippen molar-refractivity contribution in [3.63, 3.8) is 0 Å². The Morgan fingerprint density at radius 1 is 1.03 bits per heavy atom. The lowest BCUT2D eigenvalue weighted by molar-refractivity contribution is -0.113. The van der Waals surface area contributed by atoms with Crippen LogP contribution in [0, 0.1) is 0 Å². The Kier molecular flexibility index (Phi) is 8.08. The van der Waals surface area contributed by atoms with Crippen LogP contribution in [0.5, 0.6) is 0 Å². The van der Waals surface area contributed by atoms with E-state index in [1.165, 1.54) is 17.3 Å². The number of nitrogens with zero attached hydrogens (tertiary/aromatic N) is 3. The molecule has 6 nitrogen and oxygen atoms in total. The van der Waals surface area contributed by atoms with Crippen molar-refractivity contribution in [2.45, 2.75) is 51.2 Å². The molecule has 0 saturated carbocycles. The summed E-state index contributed by atoms with van der Waals surface area (Å²) < 4.78 is 3.54. The molecule has 0 fully saturated rings. The van der Waals surface area contributed by atoms with Crippen molar-refractivity contribution in [1.82, 2.24) is 14.1 Å². The van der Waals surface area contributed by atoms with Crippen LogP contribution >= 0.6 is 11.8 Å². The molecule has 0 radical (unpaired) electrons. The molecule has 0 aliphatic rings. The van der Waals surface area contributed by atoms with Crippen molar-refractivity contribution in [3.05, 3.63) is 76.7 Å². The molecule has 1 N–H and O–H groups in total. The Morgan fingerprint density at radius 2 is 1.77 bits per heavy atom. The number of thioether (sulfide) groups is 1. The predicted octanol–water partition coefficient (Wildman–Crippen LogP) is 5.89. The minimum absolute atomic E-state index is 0.0768. The fourth-order valence-electron chi connectivity index (χ4n) is 4.17. The Morgan fingerprint density at radius 3 is 2.46 bits per heavy atom. The lowest BCUT2D eigenvalue weighted by Crippen LogP contribution is -2.25. The zero-order chi connectivity index (χ0) is 24.8. The first-order valence-corrected chi connectivity index (χ1v) is 13.2. The van der Waals surface area contributed by atoms with Crippen molar-refractivity contribution in [1.29, 1.82) is 0 Å². The van der Waals surface area contributed by atoms with Crippen LogP contribution in [-0.2, 0) is 24.8 Å². The van der Waals surface area contributed by atoms with E-state index >= 15 is 0 Å². The van der Waals surface area contributed by atoms with Gasteiger partial charge in [0, 0.05) is 31.0 Å². The number of rotatable bonds is 10. The number of unbranched alkanes of at least 4 members (excludes halogenated alkanes) is 1. The summed E-state index contributed by atoms with van der Waals surface area (Å²) in [5.74, 6) is 0.0530. The maximum absolute atomic E-state index is 13.4. The molecule has 1 amide bonds. The second-order valence-electron chi connectivity index (χ2n) is 8.71. The van der Waals surface area contributed by atoms with E-state index in [0.717, 1.165) is 42.5 Å². The van der Waals surface area contributed by atoms with Crippen molar-refractivity contribution in [2.24, 2.45) is 7.05 Å². The summed E-state index contributed by atoms with van der Waals surface area (Å²) in [6.07, 6.45) is 6.12. The highest BCUT2D eigenvalue weighted by Crippen LogP contribution is 2.29. The summed E-state index contributed by atoms with van der Waals surface area (Å²) >= 11 is 1.30. The van der Waals surface area contributed by atoms with Crippen LogP contribution in [-0.4, -0.2) is 25.8 Å². The second-order valence-corrected chi connectivity index (χ2v) is 9.65. The van der Waals surface area contributed by atoms with Gasteiger partial charge in [-0.05, 0) is 42.5 Å². The number of aromatic nitrogens is 3. The second kappa shape index (κ2) is 11.4. The third-order valence-corrected chi connectivity index (χ3v) is 6.94. The summed E-state index contributed by atoms with van der Waals surface area (Å²) in [7, 11) is 1.88. The maximum Gasteiger partial charge on any atom is 0.278 e. The standard InChI is InChI=1S/C28H32N4O2S/c1-4-6-10-20-13-15-22(16-14-20)29-24(33)19-35-28-30-25-23(21-11-8-7-9-12-21)18-31(3)26(25)27(34)32(28)17-5-2/h7-9,11-16,18H,4-6,10,17,19H2,1-3H3,(H,29,33). The van der Waals surface area contributed by atoms with Crippen LogP contribution < -0.4 is 10.9 Å². The van der Waals surface area contributed by atoms with Crippen molar-refractivity contribution in [3.8, 4) is 11.1 Å². The quantitative estimate of drug-likeness (QED) is 0.223. The molecule has 4 rings (SSSR count). The van der Waals surface area contributed by atoms with E-state index in [1.54, 1.807) is 4.57 Å². The molecule has 0 unspecified atom stereocenters. The van der Waals surface area contributed by atoms with Gasteiger partial charge in [0.25, 0.3) is 5.56 Å². The van der Waals surface area contributed by atoms with E-state index in [1.807, 2.05) is 67.2 Å². The Hall–Kier alpha value is -3.32. The monoisotopic (exact) mass is 488 g/mol. The molecule has 35 heavy (non-hydrogen) atoms. The molecule has 2 aromatic carbocycles. The molecule has 0 spiro atoms. The fourth-order valence-corrected chi connectivity index (χ4v) is 4.99. The zero-order valence-electron chi connectivity index (χ0n) is 20.6. The minimum Gasteiger partial charge on any atom is -0.344 e. The molecule has 2 heterocycles. The number of benzene rings is 2. The maximum atomic E-state index is 13.4. The Bertz CT molecular complexity index is 1360. The fraction of sp³-hybridized carbons (Fsp3) is 0.321. The number of hydrogen-bond donors (Lipinski definition) is 1. The molecule has 182 valence electrons. The van der Waals surface area contributed by atoms with Gasteiger partial charge in [0.15, 0.2) is 5.16 Å². The third-order valence-electron chi connectivity index (χ3n) is 5.96. The molecule has 2 aromatic heterocycles. The molecule has 7 heteroatoms. The summed E-state index contributed by atoms with van der Waals surface area (Å²) in [5.41, 5.74) is 5.15. The zero-order valence-corrected chi connectivity index (χ0v) is 21.4. The summed E-state index contributed by atoms with van der Waals surface area (Å²) in [5, 5.41) is 3.53. The molecule has 0 aliphatic heterocycles. The lowest BCUT2D eigenvalue weighted by atomic mass is 10.1. The predicted molar refractivity (Wildman–Crippen MR) is 145 cm³/mol. The lowest BCUT2D eigenvalue weighted by Gasteiger charge is -2.12. The van der Waals surface area contributed by atoms with Gasteiger partial charge >= 0.3 is 0 Å². The molecule has 0 saturated heterocycles. The van der Waals surface area contributed by atoms with Gasteiger partial charge in [0.2, 0.25) is 5.91 Å². The van der Waals surface area contributed by atoms with Gasteiger partial charge in [-0.1, -0.05) is 74.5 Å². The van der Waals surface area contributed by atoms with Crippen molar-refractivity contribution < 1.29 is 4.79 Å². The van der Waals surface area contributed by atoms with Crippen molar-refractivity contribution >= 4 is 34.4 Å². The highest BCUT2D eigenvalue weighted by molar-refractivity contribution is 7.99. The van der Waals surface area contributed by atoms with Gasteiger partial charge in [0.05, 0.1) is 5.75 Å². The minimum atomic E-state index is -0.120. The smallest absolute Gasteiger partial charge is 0.278 e. The van der Waals surface area contributed by atoms with Gasteiger partial charge < -0.3 is 9.88 Å². The van der Waals surface area contributed by atoms with Crippen LogP contribution in [0.15, 0.2) is 70.7 Å². The first-order valence-electron chi connectivity index (χ1n) is 12.2. The van der Waals surface area contributed by atoms with Crippen LogP contribution in [0.3, 0.4) is 0 Å². The van der Waals surface area contributed by atoms with Crippen molar-refractivity contribution in [2.75, 3.05) is 11.1 Å². The van der Waals surface area contributed by atoms with Gasteiger partial charge in [-0.25, -0.2) is 4.98 Å². The molecular weight excluding hydrogens is 456 g/mol. The van der Waals surface area contributed by atoms with Gasteiger partial charge in [-0.15, -0.1) is 0 Å². The molecule has 0 atom stereocenters. The topological polar surface area (TPSA) is 68.9 Å². The van der Waals surface area contributed by atoms with E-state index in [9.17, 15) is 9.59 Å². The van der Waals surface area contributed by atoms with Gasteiger partial charge in [-0.2, -0.15) is 0 Å². The highest BCUT2D eigenvalue weighted by Gasteiger charge is 2.19. The van der Waals surface area contributed by atoms with Gasteiger partial charge in [-0.3, -0.25) is 14.2 Å². The first-order chi connectivity index (χ1) is 17.0. The summed E-state index contributed by atoms with van der Waals surface area (Å²) in [6.45, 7) is 4.76. The largest absolute Gasteiger partial charge is 0.344 e. The van der Waals surface area contributed by atoms with Crippen LogP contribution in [0.1, 0.15) is 38.7 Å². The number of nitrogens with one attached hydrogen (secondary N) is 1. The van der Waals surface area contributed by atoms with Gasteiger partial charge in [0.1, 0.15) is 11.0 Å². The van der Waals surface area contributed by atoms with E-state index < -0.39 is 0 Å². The highest BCUT2D eigenvalue weighted by atomic mass is 32.2. The average Bonchev–Trinajstić information content (AvgIpc) is 3.21. The number of carbonyl (C=O) groups excluding carboxylic acids is 1. The van der Waals surface area contributed by atoms with E-state index in [0.29, 0.717) is 22.7 Å². The molecule has 4 aromatic rings. The number of carbonyl (C=O) groups is 1. The number of amides is 1. The van der Waals surface area contributed by atoms with Crippen LogP contribution in [0.25, 0.3) is 22.2 Å². The molecular formula is C28H32N4O2S. The van der Waals surface area contributed by atoms with E-state index in [4.69, 9.17) is 4.98 Å². The Labute approximate surface area is 210 Å². The number of hydrogen-bond acceptors (Lipinski definition) is 4. The van der Waals surface area contributed by atoms with E-state index in [-0.39, 0.29) is 17.2 Å².